The number of hydrogen-bond donors (Lipinski definition) is 0. The van der Waals surface area contributed by atoms with Crippen LogP contribution in [0.25, 0.3) is 16.5 Å². The third-order valence-corrected chi connectivity index (χ3v) is 5.87. The third-order valence-electron chi connectivity index (χ3n) is 5.87. The van der Waals surface area contributed by atoms with Crippen LogP contribution in [0.1, 0.15) is 31.9 Å². The molecule has 4 rings (SSSR count). The molecular weight excluding hydrogens is 327 g/mol. The molecule has 0 saturated heterocycles. The zero-order valence-corrected chi connectivity index (χ0v) is 17.2. The van der Waals surface area contributed by atoms with Gasteiger partial charge in [0.1, 0.15) is 7.05 Å². The number of pyridine rings is 1. The first-order valence-electron chi connectivity index (χ1n) is 9.72. The summed E-state index contributed by atoms with van der Waals surface area (Å²) in [6.45, 7) is 9.36. The van der Waals surface area contributed by atoms with Gasteiger partial charge in [0.25, 0.3) is 0 Å². The van der Waals surface area contributed by atoms with Gasteiger partial charge in [0.15, 0.2) is 5.59 Å². The number of benzene rings is 2. The molecule has 136 valence electrons. The van der Waals surface area contributed by atoms with Crippen LogP contribution in [0.15, 0.2) is 60.6 Å². The van der Waals surface area contributed by atoms with Gasteiger partial charge in [0.2, 0.25) is 5.52 Å². The molecule has 2 aromatic carbocycles. The molecule has 3 heteroatoms. The number of hydrogen-bond acceptors (Lipinski definition) is 1. The van der Waals surface area contributed by atoms with Crippen LogP contribution in [0.4, 0.5) is 5.69 Å². The van der Waals surface area contributed by atoms with Gasteiger partial charge in [0, 0.05) is 23.2 Å². The molecule has 1 aromatic heterocycles. The Morgan fingerprint density at radius 2 is 1.63 bits per heavy atom. The molecular formula is C24H28BN2+. The molecule has 0 aliphatic carbocycles. The highest BCUT2D eigenvalue weighted by molar-refractivity contribution is 6.81. The van der Waals surface area contributed by atoms with Crippen molar-refractivity contribution in [2.45, 2.75) is 27.7 Å². The lowest BCUT2D eigenvalue weighted by molar-refractivity contribution is -0.627. The van der Waals surface area contributed by atoms with Crippen molar-refractivity contribution in [2.24, 2.45) is 12.5 Å². The van der Waals surface area contributed by atoms with Crippen molar-refractivity contribution in [3.63, 3.8) is 0 Å². The maximum atomic E-state index is 2.46. The molecule has 0 bridgehead atoms. The predicted molar refractivity (Wildman–Crippen MR) is 118 cm³/mol. The first-order valence-corrected chi connectivity index (χ1v) is 9.72. The summed E-state index contributed by atoms with van der Waals surface area (Å²) in [4.78, 5) is 2.41. The van der Waals surface area contributed by atoms with Crippen molar-refractivity contribution in [1.29, 1.82) is 0 Å². The molecule has 3 aromatic rings. The van der Waals surface area contributed by atoms with E-state index in [1.165, 1.54) is 38.9 Å². The van der Waals surface area contributed by atoms with E-state index in [2.05, 4.69) is 112 Å². The van der Waals surface area contributed by atoms with Gasteiger partial charge < -0.3 is 4.81 Å². The van der Waals surface area contributed by atoms with Crippen LogP contribution in [0.5, 0.6) is 0 Å². The monoisotopic (exact) mass is 355 g/mol. The van der Waals surface area contributed by atoms with Crippen LogP contribution in [0.3, 0.4) is 0 Å². The summed E-state index contributed by atoms with van der Waals surface area (Å²) in [7, 11) is 4.40. The molecule has 2 nitrogen and oxygen atoms in total. The van der Waals surface area contributed by atoms with Gasteiger partial charge in [-0.05, 0) is 48.2 Å². The van der Waals surface area contributed by atoms with Crippen molar-refractivity contribution in [3.8, 4) is 0 Å². The van der Waals surface area contributed by atoms with E-state index < -0.39 is 0 Å². The van der Waals surface area contributed by atoms with Crippen molar-refractivity contribution in [3.05, 3.63) is 71.7 Å². The van der Waals surface area contributed by atoms with E-state index in [0.29, 0.717) is 0 Å². The lowest BCUT2D eigenvalue weighted by Crippen LogP contribution is -2.61. The minimum atomic E-state index is 0.0973. The Labute approximate surface area is 163 Å². The molecule has 0 fully saturated rings. The van der Waals surface area contributed by atoms with Gasteiger partial charge in [0.05, 0.1) is 0 Å². The van der Waals surface area contributed by atoms with E-state index in [4.69, 9.17) is 0 Å². The fraction of sp³-hybridized carbons (Fsp3) is 0.292. The summed E-state index contributed by atoms with van der Waals surface area (Å²) in [6.07, 6.45) is 0. The van der Waals surface area contributed by atoms with Crippen LogP contribution in [0, 0.1) is 12.3 Å². The normalized spacial score (nSPS) is 14.4. The van der Waals surface area contributed by atoms with Crippen LogP contribution < -0.4 is 15.0 Å². The van der Waals surface area contributed by atoms with Gasteiger partial charge in [-0.15, -0.1) is 0 Å². The number of para-hydroxylation sites is 2. The third kappa shape index (κ3) is 2.86. The molecule has 1 aliphatic rings. The Bertz CT molecular complexity index is 1060. The first-order chi connectivity index (χ1) is 12.8. The SMILES string of the molecule is Cc1cc(B2C=C(C(C)(C)C)c3ccccc3N2C)[n+](C)c2ccccc12. The van der Waals surface area contributed by atoms with E-state index in [9.17, 15) is 0 Å². The van der Waals surface area contributed by atoms with Crippen LogP contribution in [-0.2, 0) is 7.05 Å². The van der Waals surface area contributed by atoms with E-state index in [0.717, 1.165) is 0 Å². The molecule has 0 unspecified atom stereocenters. The van der Waals surface area contributed by atoms with Crippen molar-refractivity contribution >= 4 is 34.6 Å². The van der Waals surface area contributed by atoms with Crippen molar-refractivity contribution < 1.29 is 4.57 Å². The summed E-state index contributed by atoms with van der Waals surface area (Å²) >= 11 is 0. The number of rotatable bonds is 1. The van der Waals surface area contributed by atoms with Gasteiger partial charge in [-0.3, -0.25) is 0 Å². The van der Waals surface area contributed by atoms with Crippen LogP contribution >= 0.6 is 0 Å². The minimum Gasteiger partial charge on any atom is -0.405 e. The number of anilines is 1. The van der Waals surface area contributed by atoms with E-state index >= 15 is 0 Å². The Hall–Kier alpha value is -2.55. The molecule has 0 saturated carbocycles. The largest absolute Gasteiger partial charge is 0.405 e. The van der Waals surface area contributed by atoms with Gasteiger partial charge in [-0.1, -0.05) is 57.1 Å². The Kier molecular flexibility index (Phi) is 4.14. The molecule has 0 N–H and O–H groups in total. The fourth-order valence-corrected chi connectivity index (χ4v) is 4.37. The van der Waals surface area contributed by atoms with Crippen LogP contribution in [0.2, 0.25) is 0 Å². The molecule has 0 atom stereocenters. The second-order valence-electron chi connectivity index (χ2n) is 8.73. The number of aryl methyl sites for hydroxylation is 2. The van der Waals surface area contributed by atoms with Crippen molar-refractivity contribution in [1.82, 2.24) is 0 Å². The molecule has 0 spiro atoms. The maximum absolute atomic E-state index is 2.46. The van der Waals surface area contributed by atoms with E-state index in [1.54, 1.807) is 0 Å². The van der Waals surface area contributed by atoms with Crippen molar-refractivity contribution in [2.75, 3.05) is 11.9 Å². The maximum Gasteiger partial charge on any atom is 0.396 e. The number of allylic oxidation sites excluding steroid dienone is 1. The quantitative estimate of drug-likeness (QED) is 0.467. The lowest BCUT2D eigenvalue weighted by Gasteiger charge is -2.36. The minimum absolute atomic E-state index is 0.0973. The molecule has 1 aliphatic heterocycles. The number of fused-ring (bicyclic) bond motifs is 2. The zero-order valence-electron chi connectivity index (χ0n) is 17.2. The zero-order chi connectivity index (χ0) is 19.3. The Morgan fingerprint density at radius 3 is 2.37 bits per heavy atom. The Morgan fingerprint density at radius 1 is 0.963 bits per heavy atom. The van der Waals surface area contributed by atoms with E-state index in [-0.39, 0.29) is 12.3 Å². The fourth-order valence-electron chi connectivity index (χ4n) is 4.37. The second-order valence-corrected chi connectivity index (χ2v) is 8.73. The summed E-state index contributed by atoms with van der Waals surface area (Å²) in [6, 6.07) is 19.8. The standard InChI is InChI=1S/C24H28BN2/c1-17-15-23(26(5)21-13-9-7-11-18(17)21)25-16-20(24(2,3)4)19-12-8-10-14-22(19)27(25)6/h7-16H,1-6H3/q+1. The summed E-state index contributed by atoms with van der Waals surface area (Å²) in [5.74, 6) is 2.46. The predicted octanol–water partition coefficient (Wildman–Crippen LogP) is 4.29. The Balaban J connectivity index is 1.97. The molecule has 27 heavy (non-hydrogen) atoms. The van der Waals surface area contributed by atoms with Gasteiger partial charge in [-0.25, -0.2) is 4.57 Å². The summed E-state index contributed by atoms with van der Waals surface area (Å²) in [5.41, 5.74) is 8.11. The average Bonchev–Trinajstić information content (AvgIpc) is 2.64. The highest BCUT2D eigenvalue weighted by Crippen LogP contribution is 2.41. The molecule has 0 amide bonds. The molecule has 2 heterocycles. The summed E-state index contributed by atoms with van der Waals surface area (Å²) < 4.78 is 2.36. The van der Waals surface area contributed by atoms with Gasteiger partial charge in [-0.2, -0.15) is 0 Å². The number of nitrogens with zero attached hydrogens (tertiary/aromatic N) is 2. The highest BCUT2D eigenvalue weighted by atomic mass is 15.1. The molecule has 0 radical (unpaired) electrons. The summed E-state index contributed by atoms with van der Waals surface area (Å²) in [5, 5.41) is 1.32. The number of aromatic nitrogens is 1. The average molecular weight is 355 g/mol. The van der Waals surface area contributed by atoms with E-state index in [1.807, 2.05) is 0 Å². The smallest absolute Gasteiger partial charge is 0.396 e. The second kappa shape index (κ2) is 6.26. The van der Waals surface area contributed by atoms with Gasteiger partial charge >= 0.3 is 6.85 Å². The van der Waals surface area contributed by atoms with Crippen LogP contribution in [-0.4, -0.2) is 13.9 Å². The first kappa shape index (κ1) is 17.8. The topological polar surface area (TPSA) is 7.12 Å². The lowest BCUT2D eigenvalue weighted by atomic mass is 9.51. The highest BCUT2D eigenvalue weighted by Gasteiger charge is 2.38.